The van der Waals surface area contributed by atoms with Crippen LogP contribution >= 0.6 is 23.5 Å². The number of ether oxygens (including phenoxy) is 2. The van der Waals surface area contributed by atoms with Gasteiger partial charge < -0.3 is 14.6 Å². The van der Waals surface area contributed by atoms with Crippen LogP contribution in [0.2, 0.25) is 0 Å². The van der Waals surface area contributed by atoms with Gasteiger partial charge in [-0.25, -0.2) is 0 Å². The average Bonchev–Trinajstić information content (AvgIpc) is 3.90. The van der Waals surface area contributed by atoms with Gasteiger partial charge in [0.15, 0.2) is 6.23 Å². The van der Waals surface area contributed by atoms with Crippen LogP contribution in [0.3, 0.4) is 0 Å². The van der Waals surface area contributed by atoms with Gasteiger partial charge in [-0.2, -0.15) is 21.9 Å². The first-order valence-corrected chi connectivity index (χ1v) is 33.9. The zero-order chi connectivity index (χ0) is 57.2. The lowest BCUT2D eigenvalue weighted by Crippen LogP contribution is -2.48. The van der Waals surface area contributed by atoms with Crippen LogP contribution in [-0.4, -0.2) is 111 Å². The molecule has 0 saturated heterocycles. The first kappa shape index (κ1) is 57.2. The Bertz CT molecular complexity index is 3530. The number of aliphatic hydroxyl groups is 1. The summed E-state index contributed by atoms with van der Waals surface area (Å²) < 4.78 is 79.6. The Kier molecular flexibility index (Phi) is 14.7. The highest BCUT2D eigenvalue weighted by Gasteiger charge is 2.70. The van der Waals surface area contributed by atoms with Crippen LogP contribution < -0.4 is 0 Å². The van der Waals surface area contributed by atoms with E-state index in [9.17, 15) is 45.9 Å². The molecule has 6 aliphatic carbocycles. The highest BCUT2D eigenvalue weighted by atomic mass is 32.2. The van der Waals surface area contributed by atoms with Crippen molar-refractivity contribution in [3.05, 3.63) is 82.9 Å². The van der Waals surface area contributed by atoms with Gasteiger partial charge in [-0.3, -0.25) is 24.0 Å². The lowest BCUT2D eigenvalue weighted by atomic mass is 9.60. The van der Waals surface area contributed by atoms with Gasteiger partial charge in [0, 0.05) is 63.7 Å². The maximum Gasteiger partial charge on any atom is 0.289 e. The molecule has 434 valence electrons. The molecular weight excluding hydrogens is 1110 g/mol. The number of hydroxylamine groups is 4. The number of Topliss-reactive ketones (excluding diaryl/α,β-unsaturated/α-hetero) is 2. The fraction of sp³-hybridized carbons (Fsp3) is 0.590. The number of thioether (sulfide) groups is 2. The summed E-state index contributed by atoms with van der Waals surface area (Å²) >= 11 is 3.02. The van der Waals surface area contributed by atoms with Gasteiger partial charge in [-0.1, -0.05) is 58.9 Å². The minimum atomic E-state index is -4.67. The predicted octanol–water partition coefficient (Wildman–Crippen LogP) is 10.5. The lowest BCUT2D eigenvalue weighted by Gasteiger charge is -2.45. The highest BCUT2D eigenvalue weighted by Crippen LogP contribution is 2.72. The molecule has 0 aromatic heterocycles. The van der Waals surface area contributed by atoms with Crippen LogP contribution in [0.1, 0.15) is 155 Å². The number of fused-ring (bicyclic) bond motifs is 6. The molecule has 2 heterocycles. The molecule has 1 N–H and O–H groups in total. The van der Waals surface area contributed by atoms with Crippen molar-refractivity contribution >= 4 is 94.6 Å². The third-order valence-corrected chi connectivity index (χ3v) is 25.3. The van der Waals surface area contributed by atoms with Crippen LogP contribution in [-0.2, 0) is 47.9 Å². The average molecular weight is 1190 g/mol. The number of imide groups is 1. The van der Waals surface area contributed by atoms with E-state index in [1.54, 1.807) is 36.4 Å². The van der Waals surface area contributed by atoms with Gasteiger partial charge in [0.1, 0.15) is 11.6 Å². The summed E-state index contributed by atoms with van der Waals surface area (Å²) in [5.74, 6) is -1.40. The Morgan fingerprint density at radius 3 is 1.95 bits per heavy atom. The lowest BCUT2D eigenvalue weighted by molar-refractivity contribution is -0.137. The number of hydrogen-bond acceptors (Lipinski definition) is 16. The maximum atomic E-state index is 14.4. The molecule has 6 saturated carbocycles. The van der Waals surface area contributed by atoms with Gasteiger partial charge in [0.25, 0.3) is 38.0 Å². The largest absolute Gasteiger partial charge is 0.381 e. The number of hydrogen-bond donors (Lipinski definition) is 1. The zero-order valence-corrected chi connectivity index (χ0v) is 49.9. The van der Waals surface area contributed by atoms with E-state index >= 15 is 0 Å². The van der Waals surface area contributed by atoms with Crippen molar-refractivity contribution in [2.24, 2.45) is 56.7 Å². The van der Waals surface area contributed by atoms with Crippen LogP contribution in [0.15, 0.2) is 70.5 Å². The molecule has 2 aliphatic heterocycles. The summed E-state index contributed by atoms with van der Waals surface area (Å²) in [5.41, 5.74) is -2.78. The topological polar surface area (TPSA) is 217 Å². The maximum absolute atomic E-state index is 14.4. The number of carbonyl (C=O) groups is 5. The second kappa shape index (κ2) is 20.8. The van der Waals surface area contributed by atoms with Crippen molar-refractivity contribution in [2.75, 3.05) is 49.4 Å². The number of carbonyl (C=O) groups excluding carboxylic acids is 5. The molecule has 0 spiro atoms. The first-order chi connectivity index (χ1) is 38.4. The second-order valence-corrected chi connectivity index (χ2v) is 31.4. The van der Waals surface area contributed by atoms with Gasteiger partial charge in [-0.05, 0) is 157 Å². The second-order valence-electron chi connectivity index (χ2n) is 26.0. The molecule has 3 amide bonds. The Morgan fingerprint density at radius 2 is 1.27 bits per heavy atom. The summed E-state index contributed by atoms with van der Waals surface area (Å²) in [6, 6.07) is 17.5. The van der Waals surface area contributed by atoms with E-state index in [0.29, 0.717) is 119 Å². The summed E-state index contributed by atoms with van der Waals surface area (Å²) in [6.07, 6.45) is 6.63. The van der Waals surface area contributed by atoms with Crippen LogP contribution in [0.4, 0.5) is 0 Å². The third-order valence-electron chi connectivity index (χ3n) is 20.9. The molecule has 81 heavy (non-hydrogen) atoms. The van der Waals surface area contributed by atoms with E-state index < -0.39 is 77.4 Å². The molecule has 8 aliphatic rings. The Morgan fingerprint density at radius 1 is 0.667 bits per heavy atom. The highest BCUT2D eigenvalue weighted by molar-refractivity contribution is 7.99. The molecule has 9 unspecified atom stereocenters. The molecule has 20 heteroatoms. The minimum absolute atomic E-state index is 0.00218. The molecule has 9 atom stereocenters. The van der Waals surface area contributed by atoms with Crippen molar-refractivity contribution in [1.29, 1.82) is 0 Å². The van der Waals surface area contributed by atoms with Crippen molar-refractivity contribution in [3.8, 4) is 0 Å². The fourth-order valence-electron chi connectivity index (χ4n) is 16.7. The number of amides is 3. The SMILES string of the molecule is CC(C)CCOCCSc1cc2c3c(cccc3c1)C(=O)N(OS(=O)(=O)CC13CCC(CC1=O)C3(C)CC13CCC(C1)C(COCCSc1cc4c5c(cccc5c1)C(=O)N(OS(=O)(=O)CC15CCC(CC1=O)C5(C)C)C4O)C3)C2=O. The number of benzene rings is 4. The van der Waals surface area contributed by atoms with Crippen LogP contribution in [0, 0.1) is 56.7 Å². The smallest absolute Gasteiger partial charge is 0.289 e. The van der Waals surface area contributed by atoms with Gasteiger partial charge in [0.05, 0.1) is 52.2 Å². The molecule has 12 rings (SSSR count). The fourth-order valence-corrected chi connectivity index (χ4v) is 21.7. The molecule has 16 nitrogen and oxygen atoms in total. The predicted molar refractivity (Wildman–Crippen MR) is 306 cm³/mol. The molecule has 0 radical (unpaired) electrons. The zero-order valence-electron chi connectivity index (χ0n) is 46.7. The Balaban J connectivity index is 0.671. The van der Waals surface area contributed by atoms with Crippen LogP contribution in [0.5, 0.6) is 0 Å². The normalized spacial score (nSPS) is 31.0. The minimum Gasteiger partial charge on any atom is -0.381 e. The molecule has 6 fully saturated rings. The standard InChI is InChI=1S/C61H72N2O14S4/c1-36(2)15-19-74-20-22-78-43-24-37-8-6-11-46-51(37)47(28-43)56(69)63(54(46)67)77-81(72,73)35-61-18-14-42(27-50(61)65)58(61,5)33-59-16-12-39(30-59)40(31-59)32-75-21-23-79-44-25-38-9-7-10-45-52(38)48(29-44)55(68)62(53(45)66)76-80(70,71)34-60-17-13-41(26-49(60)64)57(60,3)4/h6-11,24-25,28-29,36,39-42,55,68H,12-23,26-27,30-35H2,1-5H3. The number of rotatable bonds is 23. The van der Waals surface area contributed by atoms with Gasteiger partial charge in [0.2, 0.25) is 0 Å². The third kappa shape index (κ3) is 9.64. The molecule has 6 bridgehead atoms. The Hall–Kier alpha value is -4.25. The molecular formula is C61H72N2O14S4. The number of ketones is 2. The quantitative estimate of drug-likeness (QED) is 0.0415. The summed E-state index contributed by atoms with van der Waals surface area (Å²) in [5, 5.41) is 14.9. The van der Waals surface area contributed by atoms with Crippen molar-refractivity contribution in [3.63, 3.8) is 0 Å². The van der Waals surface area contributed by atoms with Crippen molar-refractivity contribution < 1.29 is 64.0 Å². The van der Waals surface area contributed by atoms with E-state index in [4.69, 9.17) is 18.0 Å². The first-order valence-electron chi connectivity index (χ1n) is 28.8. The molecule has 4 aromatic rings. The number of nitrogens with zero attached hydrogens (tertiary/aromatic N) is 2. The van der Waals surface area contributed by atoms with Crippen molar-refractivity contribution in [2.45, 2.75) is 128 Å². The van der Waals surface area contributed by atoms with Gasteiger partial charge in [-0.15, -0.1) is 37.2 Å². The molecule has 4 aromatic carbocycles. The van der Waals surface area contributed by atoms with E-state index in [-0.39, 0.29) is 57.8 Å². The van der Waals surface area contributed by atoms with Crippen LogP contribution in [0.25, 0.3) is 21.5 Å². The summed E-state index contributed by atoms with van der Waals surface area (Å²) in [4.78, 5) is 71.0. The van der Waals surface area contributed by atoms with Gasteiger partial charge >= 0.3 is 0 Å². The van der Waals surface area contributed by atoms with E-state index in [1.165, 1.54) is 23.5 Å². The summed E-state index contributed by atoms with van der Waals surface area (Å²) in [6.45, 7) is 12.4. The Labute approximate surface area is 482 Å². The van der Waals surface area contributed by atoms with E-state index in [0.717, 1.165) is 48.3 Å². The number of aliphatic hydroxyl groups excluding tert-OH is 1. The van der Waals surface area contributed by atoms with Crippen molar-refractivity contribution in [1.82, 2.24) is 10.1 Å². The van der Waals surface area contributed by atoms with E-state index in [1.807, 2.05) is 38.1 Å². The van der Waals surface area contributed by atoms with E-state index in [2.05, 4.69) is 20.8 Å². The monoisotopic (exact) mass is 1180 g/mol. The summed E-state index contributed by atoms with van der Waals surface area (Å²) in [7, 11) is -9.17.